The number of nitrogen functional groups attached to an aromatic ring is 1. The molecule has 1 aromatic rings. The molecule has 1 heterocycles. The highest BCUT2D eigenvalue weighted by atomic mass is 79.9. The van der Waals surface area contributed by atoms with Gasteiger partial charge in [-0.05, 0) is 34.1 Å². The van der Waals surface area contributed by atoms with Crippen LogP contribution in [0.25, 0.3) is 0 Å². The Morgan fingerprint density at radius 1 is 1.43 bits per heavy atom. The van der Waals surface area contributed by atoms with Crippen molar-refractivity contribution in [3.63, 3.8) is 0 Å². The van der Waals surface area contributed by atoms with Crippen LogP contribution in [0, 0.1) is 0 Å². The van der Waals surface area contributed by atoms with Gasteiger partial charge in [0, 0.05) is 49.8 Å². The van der Waals surface area contributed by atoms with E-state index in [4.69, 9.17) is 10.5 Å². The Kier molecular flexibility index (Phi) is 4.94. The molecule has 0 unspecified atom stereocenters. The summed E-state index contributed by atoms with van der Waals surface area (Å²) in [4.78, 5) is 0.112. The van der Waals surface area contributed by atoms with Crippen LogP contribution in [0.4, 0.5) is 5.69 Å². The molecular weight excluding hydrogens is 360 g/mol. The molecule has 1 saturated heterocycles. The molecule has 0 aliphatic carbocycles. The lowest BCUT2D eigenvalue weighted by Gasteiger charge is -2.35. The van der Waals surface area contributed by atoms with Crippen molar-refractivity contribution in [3.8, 4) is 0 Å². The smallest absolute Gasteiger partial charge is 0.242 e. The quantitative estimate of drug-likeness (QED) is 0.767. The molecule has 0 saturated carbocycles. The van der Waals surface area contributed by atoms with Gasteiger partial charge in [0.1, 0.15) is 0 Å². The molecule has 1 aliphatic heterocycles. The van der Waals surface area contributed by atoms with Crippen molar-refractivity contribution >= 4 is 31.6 Å². The number of sulfonamides is 1. The van der Waals surface area contributed by atoms with Crippen LogP contribution < -0.4 is 5.73 Å². The van der Waals surface area contributed by atoms with Gasteiger partial charge in [0.05, 0.1) is 10.5 Å². The standard InChI is InChI=1S/C13H19BrN2O4S/c1-16(9-13(17)4-6-20-7-5-13)21(18,19)10-2-3-11(14)12(15)8-10/h2-3,8,17H,4-7,9,15H2,1H3. The second-order valence-corrected chi connectivity index (χ2v) is 8.18. The maximum absolute atomic E-state index is 12.5. The fourth-order valence-electron chi connectivity index (χ4n) is 2.27. The molecule has 0 aromatic heterocycles. The fourth-order valence-corrected chi connectivity index (χ4v) is 3.80. The lowest BCUT2D eigenvalue weighted by molar-refractivity contribution is -0.0689. The van der Waals surface area contributed by atoms with Gasteiger partial charge in [0.25, 0.3) is 0 Å². The normalized spacial score (nSPS) is 18.9. The summed E-state index contributed by atoms with van der Waals surface area (Å²) in [6, 6.07) is 4.49. The van der Waals surface area contributed by atoms with Crippen molar-refractivity contribution in [1.82, 2.24) is 4.31 Å². The van der Waals surface area contributed by atoms with Crippen molar-refractivity contribution in [3.05, 3.63) is 22.7 Å². The van der Waals surface area contributed by atoms with Gasteiger partial charge >= 0.3 is 0 Å². The minimum Gasteiger partial charge on any atom is -0.398 e. The van der Waals surface area contributed by atoms with Crippen LogP contribution in [0.1, 0.15) is 12.8 Å². The summed E-state index contributed by atoms with van der Waals surface area (Å²) in [7, 11) is -2.22. The Morgan fingerprint density at radius 3 is 2.62 bits per heavy atom. The molecule has 2 rings (SSSR count). The van der Waals surface area contributed by atoms with E-state index < -0.39 is 15.6 Å². The summed E-state index contributed by atoms with van der Waals surface area (Å²) in [5.74, 6) is 0. The summed E-state index contributed by atoms with van der Waals surface area (Å²) in [5, 5.41) is 10.4. The molecule has 3 N–H and O–H groups in total. The molecule has 8 heteroatoms. The number of halogens is 1. The highest BCUT2D eigenvalue weighted by Gasteiger charge is 2.35. The number of rotatable bonds is 4. The lowest BCUT2D eigenvalue weighted by atomic mass is 9.95. The van der Waals surface area contributed by atoms with Gasteiger partial charge in [0.15, 0.2) is 0 Å². The number of aliphatic hydroxyl groups is 1. The highest BCUT2D eigenvalue weighted by molar-refractivity contribution is 9.10. The number of likely N-dealkylation sites (N-methyl/N-ethyl adjacent to an activating group) is 1. The number of benzene rings is 1. The molecule has 21 heavy (non-hydrogen) atoms. The van der Waals surface area contributed by atoms with E-state index in [1.165, 1.54) is 23.5 Å². The maximum Gasteiger partial charge on any atom is 0.242 e. The monoisotopic (exact) mass is 378 g/mol. The second kappa shape index (κ2) is 6.21. The lowest BCUT2D eigenvalue weighted by Crippen LogP contribution is -2.47. The van der Waals surface area contributed by atoms with Crippen LogP contribution in [0.5, 0.6) is 0 Å². The largest absolute Gasteiger partial charge is 0.398 e. The van der Waals surface area contributed by atoms with E-state index in [1.807, 2.05) is 0 Å². The van der Waals surface area contributed by atoms with E-state index in [9.17, 15) is 13.5 Å². The Balaban J connectivity index is 2.20. The molecule has 0 atom stereocenters. The van der Waals surface area contributed by atoms with Crippen LogP contribution in [0.3, 0.4) is 0 Å². The van der Waals surface area contributed by atoms with E-state index in [1.54, 1.807) is 6.07 Å². The Labute approximate surface area is 133 Å². The maximum atomic E-state index is 12.5. The van der Waals surface area contributed by atoms with E-state index in [-0.39, 0.29) is 11.4 Å². The molecular formula is C13H19BrN2O4S. The fraction of sp³-hybridized carbons (Fsp3) is 0.538. The summed E-state index contributed by atoms with van der Waals surface area (Å²) >= 11 is 3.23. The number of hydrogen-bond donors (Lipinski definition) is 2. The molecule has 1 fully saturated rings. The predicted octanol–water partition coefficient (Wildman–Crippen LogP) is 1.19. The molecule has 0 radical (unpaired) electrons. The average Bonchev–Trinajstić information content (AvgIpc) is 2.42. The van der Waals surface area contributed by atoms with Crippen molar-refractivity contribution in [2.45, 2.75) is 23.3 Å². The van der Waals surface area contributed by atoms with E-state index in [2.05, 4.69) is 15.9 Å². The topological polar surface area (TPSA) is 92.9 Å². The summed E-state index contributed by atoms with van der Waals surface area (Å²) in [5.41, 5.74) is 5.05. The molecule has 0 bridgehead atoms. The van der Waals surface area contributed by atoms with Crippen LogP contribution in [0.15, 0.2) is 27.6 Å². The molecule has 6 nitrogen and oxygen atoms in total. The molecule has 0 amide bonds. The van der Waals surface area contributed by atoms with Crippen molar-refractivity contribution in [1.29, 1.82) is 0 Å². The number of nitrogens with zero attached hydrogens (tertiary/aromatic N) is 1. The van der Waals surface area contributed by atoms with E-state index in [0.29, 0.717) is 36.2 Å². The number of hydrogen-bond acceptors (Lipinski definition) is 5. The first-order valence-corrected chi connectivity index (χ1v) is 8.79. The Bertz CT molecular complexity index is 615. The van der Waals surface area contributed by atoms with Crippen LogP contribution in [0.2, 0.25) is 0 Å². The van der Waals surface area contributed by atoms with Crippen molar-refractivity contribution < 1.29 is 18.3 Å². The number of ether oxygens (including phenoxy) is 1. The number of anilines is 1. The molecule has 1 aromatic carbocycles. The van der Waals surface area contributed by atoms with Crippen molar-refractivity contribution in [2.75, 3.05) is 32.5 Å². The van der Waals surface area contributed by atoms with Gasteiger partial charge in [-0.3, -0.25) is 0 Å². The van der Waals surface area contributed by atoms with Gasteiger partial charge in [-0.1, -0.05) is 0 Å². The van der Waals surface area contributed by atoms with Gasteiger partial charge in [-0.25, -0.2) is 8.42 Å². The SMILES string of the molecule is CN(CC1(O)CCOCC1)S(=O)(=O)c1ccc(Br)c(N)c1. The van der Waals surface area contributed by atoms with Gasteiger partial charge in [0.2, 0.25) is 10.0 Å². The van der Waals surface area contributed by atoms with Crippen LogP contribution in [-0.2, 0) is 14.8 Å². The summed E-state index contributed by atoms with van der Waals surface area (Å²) in [6.45, 7) is 0.917. The zero-order chi connectivity index (χ0) is 15.7. The molecule has 1 aliphatic rings. The molecule has 118 valence electrons. The average molecular weight is 379 g/mol. The minimum absolute atomic E-state index is 0.0364. The molecule has 0 spiro atoms. The van der Waals surface area contributed by atoms with E-state index in [0.717, 1.165) is 0 Å². The summed E-state index contributed by atoms with van der Waals surface area (Å²) < 4.78 is 32.1. The van der Waals surface area contributed by atoms with Gasteiger partial charge < -0.3 is 15.6 Å². The van der Waals surface area contributed by atoms with Crippen LogP contribution >= 0.6 is 15.9 Å². The first-order valence-electron chi connectivity index (χ1n) is 6.56. The zero-order valence-corrected chi connectivity index (χ0v) is 14.2. The third-order valence-corrected chi connectivity index (χ3v) is 6.14. The van der Waals surface area contributed by atoms with Gasteiger partial charge in [-0.15, -0.1) is 0 Å². The Morgan fingerprint density at radius 2 is 2.05 bits per heavy atom. The predicted molar refractivity (Wildman–Crippen MR) is 83.4 cm³/mol. The van der Waals surface area contributed by atoms with Crippen LogP contribution in [-0.4, -0.2) is 50.2 Å². The Hall–Kier alpha value is -0.670. The number of nitrogens with two attached hydrogens (primary N) is 1. The minimum atomic E-state index is -3.68. The zero-order valence-electron chi connectivity index (χ0n) is 11.8. The third-order valence-electron chi connectivity index (χ3n) is 3.62. The first kappa shape index (κ1) is 16.7. The second-order valence-electron chi connectivity index (χ2n) is 5.28. The van der Waals surface area contributed by atoms with E-state index >= 15 is 0 Å². The summed E-state index contributed by atoms with van der Waals surface area (Å²) in [6.07, 6.45) is 0.852. The third kappa shape index (κ3) is 3.75. The van der Waals surface area contributed by atoms with Gasteiger partial charge in [-0.2, -0.15) is 4.31 Å². The first-order chi connectivity index (χ1) is 9.74. The van der Waals surface area contributed by atoms with Crippen molar-refractivity contribution in [2.24, 2.45) is 0 Å². The highest BCUT2D eigenvalue weighted by Crippen LogP contribution is 2.27.